The molecule has 1 rings (SSSR count). The molecule has 4 nitrogen and oxygen atoms in total. The van der Waals surface area contributed by atoms with Gasteiger partial charge >= 0.3 is 5.97 Å². The Morgan fingerprint density at radius 1 is 1.53 bits per heavy atom. The van der Waals surface area contributed by atoms with Crippen LogP contribution >= 0.6 is 0 Å². The van der Waals surface area contributed by atoms with Crippen molar-refractivity contribution >= 4 is 5.97 Å². The molecule has 2 N–H and O–H groups in total. The highest BCUT2D eigenvalue weighted by molar-refractivity contribution is 5.75. The summed E-state index contributed by atoms with van der Waals surface area (Å²) in [6.45, 7) is 7.79. The van der Waals surface area contributed by atoms with Gasteiger partial charge in [0.15, 0.2) is 0 Å². The van der Waals surface area contributed by atoms with Crippen LogP contribution < -0.4 is 5.73 Å². The number of likely N-dealkylation sites (tertiary alicyclic amines) is 1. The van der Waals surface area contributed by atoms with Crippen LogP contribution in [0.3, 0.4) is 0 Å². The molecule has 1 fully saturated rings. The van der Waals surface area contributed by atoms with Crippen LogP contribution in [0, 0.1) is 5.92 Å². The van der Waals surface area contributed by atoms with Gasteiger partial charge in [0.1, 0.15) is 11.6 Å². The lowest BCUT2D eigenvalue weighted by atomic mass is 9.92. The maximum Gasteiger partial charge on any atom is 0.323 e. The molecule has 1 heterocycles. The Morgan fingerprint density at radius 2 is 2.18 bits per heavy atom. The van der Waals surface area contributed by atoms with E-state index < -0.39 is 11.6 Å². The summed E-state index contributed by atoms with van der Waals surface area (Å²) >= 11 is 0. The van der Waals surface area contributed by atoms with Crippen molar-refractivity contribution in [3.8, 4) is 0 Å². The topological polar surface area (TPSA) is 55.6 Å². The molecule has 0 spiro atoms. The molecule has 17 heavy (non-hydrogen) atoms. The second-order valence-electron chi connectivity index (χ2n) is 6.15. The highest BCUT2D eigenvalue weighted by Crippen LogP contribution is 2.20. The number of carbonyl (C=O) groups excluding carboxylic acids is 1. The largest absolute Gasteiger partial charge is 0.459 e. The zero-order chi connectivity index (χ0) is 13.1. The van der Waals surface area contributed by atoms with E-state index in [9.17, 15) is 4.79 Å². The smallest absolute Gasteiger partial charge is 0.323 e. The molecule has 0 aromatic rings. The lowest BCUT2D eigenvalue weighted by Gasteiger charge is -2.31. The van der Waals surface area contributed by atoms with Crippen LogP contribution in [0.5, 0.6) is 0 Å². The van der Waals surface area contributed by atoms with E-state index in [0.29, 0.717) is 5.92 Å². The summed E-state index contributed by atoms with van der Waals surface area (Å²) in [6, 6.07) is -0.481. The summed E-state index contributed by atoms with van der Waals surface area (Å²) in [7, 11) is 2.12. The molecule has 0 bridgehead atoms. The number of rotatable bonds is 3. The van der Waals surface area contributed by atoms with Crippen molar-refractivity contribution in [1.29, 1.82) is 0 Å². The Bertz CT molecular complexity index is 261. The van der Waals surface area contributed by atoms with E-state index >= 15 is 0 Å². The maximum absolute atomic E-state index is 11.8. The van der Waals surface area contributed by atoms with Crippen molar-refractivity contribution < 1.29 is 9.53 Å². The van der Waals surface area contributed by atoms with Gasteiger partial charge in [0.05, 0.1) is 0 Å². The van der Waals surface area contributed by atoms with E-state index in [2.05, 4.69) is 11.9 Å². The second kappa shape index (κ2) is 5.83. The Hall–Kier alpha value is -0.610. The molecule has 0 radical (unpaired) electrons. The van der Waals surface area contributed by atoms with Gasteiger partial charge in [0, 0.05) is 6.54 Å². The molecule has 0 aromatic heterocycles. The number of hydrogen-bond donors (Lipinski definition) is 1. The fraction of sp³-hybridized carbons (Fsp3) is 0.923. The van der Waals surface area contributed by atoms with Crippen LogP contribution in [0.15, 0.2) is 0 Å². The molecular formula is C13H26N2O2. The zero-order valence-corrected chi connectivity index (χ0v) is 11.5. The molecule has 2 atom stereocenters. The number of carbonyl (C=O) groups is 1. The minimum Gasteiger partial charge on any atom is -0.459 e. The summed E-state index contributed by atoms with van der Waals surface area (Å²) < 4.78 is 5.29. The molecule has 100 valence electrons. The minimum absolute atomic E-state index is 0.272. The lowest BCUT2D eigenvalue weighted by Crippen LogP contribution is -2.41. The molecule has 0 amide bonds. The van der Waals surface area contributed by atoms with E-state index in [-0.39, 0.29) is 5.97 Å². The van der Waals surface area contributed by atoms with Gasteiger partial charge in [0.25, 0.3) is 0 Å². The highest BCUT2D eigenvalue weighted by Gasteiger charge is 2.26. The molecule has 0 saturated carbocycles. The predicted molar refractivity (Wildman–Crippen MR) is 68.7 cm³/mol. The molecule has 1 saturated heterocycles. The van der Waals surface area contributed by atoms with Crippen molar-refractivity contribution in [2.75, 3.05) is 20.1 Å². The van der Waals surface area contributed by atoms with Crippen molar-refractivity contribution in [3.63, 3.8) is 0 Å². The quantitative estimate of drug-likeness (QED) is 0.760. The van der Waals surface area contributed by atoms with Gasteiger partial charge in [-0.3, -0.25) is 4.79 Å². The predicted octanol–water partition coefficient (Wildman–Crippen LogP) is 1.39. The number of hydrogen-bond acceptors (Lipinski definition) is 4. The van der Waals surface area contributed by atoms with Crippen molar-refractivity contribution in [3.05, 3.63) is 0 Å². The van der Waals surface area contributed by atoms with Crippen LogP contribution in [-0.2, 0) is 9.53 Å². The van der Waals surface area contributed by atoms with Crippen molar-refractivity contribution in [2.24, 2.45) is 11.7 Å². The minimum atomic E-state index is -0.481. The SMILES string of the molecule is CN1CCCC(CC(N)C(=O)OC(C)(C)C)C1. The summed E-state index contributed by atoms with van der Waals surface area (Å²) in [5.74, 6) is 0.252. The summed E-state index contributed by atoms with van der Waals surface area (Å²) in [5, 5.41) is 0. The van der Waals surface area contributed by atoms with Gasteiger partial charge in [-0.2, -0.15) is 0 Å². The second-order valence-corrected chi connectivity index (χ2v) is 6.15. The van der Waals surface area contributed by atoms with Crippen molar-refractivity contribution in [1.82, 2.24) is 4.90 Å². The van der Waals surface area contributed by atoms with Crippen LogP contribution in [0.1, 0.15) is 40.0 Å². The molecule has 1 aliphatic rings. The van der Waals surface area contributed by atoms with Crippen molar-refractivity contribution in [2.45, 2.75) is 51.7 Å². The normalized spacial score (nSPS) is 24.4. The first-order valence-corrected chi connectivity index (χ1v) is 6.45. The first-order chi connectivity index (χ1) is 7.78. The third kappa shape index (κ3) is 5.50. The number of esters is 1. The van der Waals surface area contributed by atoms with E-state index in [4.69, 9.17) is 10.5 Å². The molecule has 0 aromatic carbocycles. The van der Waals surface area contributed by atoms with E-state index in [1.165, 1.54) is 12.8 Å². The van der Waals surface area contributed by atoms with Crippen LogP contribution in [0.2, 0.25) is 0 Å². The first kappa shape index (κ1) is 14.5. The molecule has 2 unspecified atom stereocenters. The Kier molecular flexibility index (Phi) is 4.95. The number of ether oxygens (including phenoxy) is 1. The number of piperidine rings is 1. The van der Waals surface area contributed by atoms with Gasteiger partial charge < -0.3 is 15.4 Å². The molecule has 0 aliphatic carbocycles. The molecule has 1 aliphatic heterocycles. The summed E-state index contributed by atoms with van der Waals surface area (Å²) in [6.07, 6.45) is 3.10. The molecule has 4 heteroatoms. The van der Waals surface area contributed by atoms with Gasteiger partial charge in [-0.15, -0.1) is 0 Å². The van der Waals surface area contributed by atoms with Crippen LogP contribution in [0.4, 0.5) is 0 Å². The first-order valence-electron chi connectivity index (χ1n) is 6.45. The Labute approximate surface area is 104 Å². The number of nitrogens with two attached hydrogens (primary N) is 1. The zero-order valence-electron chi connectivity index (χ0n) is 11.5. The highest BCUT2D eigenvalue weighted by atomic mass is 16.6. The van der Waals surface area contributed by atoms with Gasteiger partial charge in [-0.05, 0) is 59.5 Å². The Balaban J connectivity index is 2.37. The lowest BCUT2D eigenvalue weighted by molar-refractivity contribution is -0.157. The maximum atomic E-state index is 11.8. The summed E-state index contributed by atoms with van der Waals surface area (Å²) in [5.41, 5.74) is 5.46. The monoisotopic (exact) mass is 242 g/mol. The fourth-order valence-electron chi connectivity index (χ4n) is 2.30. The molecular weight excluding hydrogens is 216 g/mol. The van der Waals surface area contributed by atoms with Crippen LogP contribution in [0.25, 0.3) is 0 Å². The van der Waals surface area contributed by atoms with Gasteiger partial charge in [0.2, 0.25) is 0 Å². The third-order valence-electron chi connectivity index (χ3n) is 3.02. The standard InChI is InChI=1S/C13H26N2O2/c1-13(2,3)17-12(16)11(14)8-10-6-5-7-15(4)9-10/h10-11H,5-9,14H2,1-4H3. The summed E-state index contributed by atoms with van der Waals surface area (Å²) in [4.78, 5) is 14.1. The average molecular weight is 242 g/mol. The van der Waals surface area contributed by atoms with E-state index in [1.54, 1.807) is 0 Å². The Morgan fingerprint density at radius 3 is 2.71 bits per heavy atom. The van der Waals surface area contributed by atoms with Gasteiger partial charge in [-0.25, -0.2) is 0 Å². The third-order valence-corrected chi connectivity index (χ3v) is 3.02. The fourth-order valence-corrected chi connectivity index (χ4v) is 2.30. The van der Waals surface area contributed by atoms with Gasteiger partial charge in [-0.1, -0.05) is 0 Å². The number of nitrogens with zero attached hydrogens (tertiary/aromatic N) is 1. The van der Waals surface area contributed by atoms with Crippen LogP contribution in [-0.4, -0.2) is 42.6 Å². The van der Waals surface area contributed by atoms with E-state index in [0.717, 1.165) is 19.5 Å². The average Bonchev–Trinajstić information content (AvgIpc) is 2.14. The van der Waals surface area contributed by atoms with E-state index in [1.807, 2.05) is 20.8 Å².